The number of amides is 1. The Morgan fingerprint density at radius 2 is 2.00 bits per heavy atom. The highest BCUT2D eigenvalue weighted by Gasteiger charge is 2.29. The SMILES string of the molecule is Cc1cc(C)n([C@@H](C)C(=O)N2CCN(C3=NC[C@H](C)S3)CC2)n1. The van der Waals surface area contributed by atoms with Crippen molar-refractivity contribution in [2.45, 2.75) is 39.0 Å². The van der Waals surface area contributed by atoms with Crippen LogP contribution in [0.25, 0.3) is 0 Å². The Bertz CT molecular complexity index is 618. The number of thioether (sulfide) groups is 1. The number of nitrogens with zero attached hydrogens (tertiary/aromatic N) is 5. The van der Waals surface area contributed by atoms with Crippen molar-refractivity contribution in [2.75, 3.05) is 32.7 Å². The quantitative estimate of drug-likeness (QED) is 0.825. The molecule has 3 heterocycles. The monoisotopic (exact) mass is 335 g/mol. The smallest absolute Gasteiger partial charge is 0.247 e. The fourth-order valence-electron chi connectivity index (χ4n) is 3.16. The number of aliphatic imine (C=N–C) groups is 1. The Morgan fingerprint density at radius 1 is 1.30 bits per heavy atom. The van der Waals surface area contributed by atoms with Gasteiger partial charge in [-0.15, -0.1) is 0 Å². The van der Waals surface area contributed by atoms with Crippen molar-refractivity contribution in [3.63, 3.8) is 0 Å². The summed E-state index contributed by atoms with van der Waals surface area (Å²) in [7, 11) is 0. The summed E-state index contributed by atoms with van der Waals surface area (Å²) in [5, 5.41) is 6.18. The van der Waals surface area contributed by atoms with Gasteiger partial charge >= 0.3 is 0 Å². The van der Waals surface area contributed by atoms with Gasteiger partial charge in [0, 0.05) is 37.1 Å². The van der Waals surface area contributed by atoms with E-state index in [0.29, 0.717) is 5.25 Å². The van der Waals surface area contributed by atoms with Gasteiger partial charge in [0.2, 0.25) is 5.91 Å². The zero-order valence-electron chi connectivity index (χ0n) is 14.3. The van der Waals surface area contributed by atoms with Gasteiger partial charge in [0.05, 0.1) is 12.2 Å². The Hall–Kier alpha value is -1.50. The standard InChI is InChI=1S/C16H25N5OS/c1-11-9-12(2)21(18-11)14(4)15(22)19-5-7-20(8-6-19)16-17-10-13(3)23-16/h9,13-14H,5-8,10H2,1-4H3/t13-,14-/m0/s1. The average molecular weight is 335 g/mol. The van der Waals surface area contributed by atoms with Crippen LogP contribution in [0.2, 0.25) is 0 Å². The Morgan fingerprint density at radius 3 is 2.52 bits per heavy atom. The molecule has 1 fully saturated rings. The molecule has 1 aromatic heterocycles. The number of hydrogen-bond acceptors (Lipinski definition) is 5. The lowest BCUT2D eigenvalue weighted by Crippen LogP contribution is -2.51. The molecule has 7 heteroatoms. The first-order valence-corrected chi connectivity index (χ1v) is 9.11. The van der Waals surface area contributed by atoms with E-state index < -0.39 is 0 Å². The first-order chi connectivity index (χ1) is 11.0. The van der Waals surface area contributed by atoms with Gasteiger partial charge in [-0.3, -0.25) is 14.5 Å². The zero-order valence-corrected chi connectivity index (χ0v) is 15.1. The number of carbonyl (C=O) groups excluding carboxylic acids is 1. The van der Waals surface area contributed by atoms with Crippen molar-refractivity contribution in [1.82, 2.24) is 19.6 Å². The highest BCUT2D eigenvalue weighted by molar-refractivity contribution is 8.14. The maximum atomic E-state index is 12.8. The molecule has 2 atom stereocenters. The molecular formula is C16H25N5OS. The van der Waals surface area contributed by atoms with E-state index in [1.165, 1.54) is 0 Å². The van der Waals surface area contributed by atoms with E-state index in [2.05, 4.69) is 21.9 Å². The van der Waals surface area contributed by atoms with Crippen molar-refractivity contribution in [1.29, 1.82) is 0 Å². The number of rotatable bonds is 2. The first-order valence-electron chi connectivity index (χ1n) is 8.23. The minimum Gasteiger partial charge on any atom is -0.348 e. The van der Waals surface area contributed by atoms with E-state index in [4.69, 9.17) is 0 Å². The van der Waals surface area contributed by atoms with Crippen LogP contribution in [0.3, 0.4) is 0 Å². The van der Waals surface area contributed by atoms with Gasteiger partial charge in [-0.1, -0.05) is 18.7 Å². The minimum atomic E-state index is -0.242. The Balaban J connectivity index is 1.59. The molecule has 0 bridgehead atoms. The summed E-state index contributed by atoms with van der Waals surface area (Å²) in [6, 6.07) is 1.77. The van der Waals surface area contributed by atoms with Crippen molar-refractivity contribution in [2.24, 2.45) is 4.99 Å². The normalized spacial score (nSPS) is 23.1. The summed E-state index contributed by atoms with van der Waals surface area (Å²) in [6.45, 7) is 12.3. The second-order valence-corrected chi connectivity index (χ2v) is 7.82. The third-order valence-electron chi connectivity index (χ3n) is 4.42. The lowest BCUT2D eigenvalue weighted by molar-refractivity contribution is -0.135. The maximum Gasteiger partial charge on any atom is 0.247 e. The highest BCUT2D eigenvalue weighted by atomic mass is 32.2. The van der Waals surface area contributed by atoms with E-state index in [0.717, 1.165) is 49.3 Å². The average Bonchev–Trinajstić information content (AvgIpc) is 3.11. The summed E-state index contributed by atoms with van der Waals surface area (Å²) in [5.74, 6) is 0.158. The lowest BCUT2D eigenvalue weighted by atomic mass is 10.2. The minimum absolute atomic E-state index is 0.158. The van der Waals surface area contributed by atoms with Crippen LogP contribution in [-0.2, 0) is 4.79 Å². The lowest BCUT2D eigenvalue weighted by Gasteiger charge is -2.36. The van der Waals surface area contributed by atoms with Crippen molar-refractivity contribution >= 4 is 22.8 Å². The molecule has 2 aliphatic rings. The second-order valence-electron chi connectivity index (χ2n) is 6.41. The molecule has 23 heavy (non-hydrogen) atoms. The Labute approximate surface area is 141 Å². The molecule has 0 unspecified atom stereocenters. The van der Waals surface area contributed by atoms with Gasteiger partial charge in [-0.05, 0) is 26.8 Å². The molecule has 126 valence electrons. The number of aryl methyl sites for hydroxylation is 2. The van der Waals surface area contributed by atoms with Crippen LogP contribution in [0.15, 0.2) is 11.1 Å². The van der Waals surface area contributed by atoms with Crippen LogP contribution in [0.4, 0.5) is 0 Å². The third kappa shape index (κ3) is 3.39. The summed E-state index contributed by atoms with van der Waals surface area (Å²) >= 11 is 1.85. The van der Waals surface area contributed by atoms with E-state index >= 15 is 0 Å². The van der Waals surface area contributed by atoms with E-state index in [9.17, 15) is 4.79 Å². The van der Waals surface area contributed by atoms with Crippen LogP contribution >= 0.6 is 11.8 Å². The Kier molecular flexibility index (Phi) is 4.66. The van der Waals surface area contributed by atoms with Crippen LogP contribution in [0.5, 0.6) is 0 Å². The molecule has 2 aliphatic heterocycles. The number of aromatic nitrogens is 2. The maximum absolute atomic E-state index is 12.8. The van der Waals surface area contributed by atoms with E-state index in [1.807, 2.05) is 48.2 Å². The van der Waals surface area contributed by atoms with Crippen molar-refractivity contribution in [3.8, 4) is 0 Å². The molecule has 1 amide bonds. The van der Waals surface area contributed by atoms with Crippen molar-refractivity contribution in [3.05, 3.63) is 17.5 Å². The fourth-order valence-corrected chi connectivity index (χ4v) is 4.15. The largest absolute Gasteiger partial charge is 0.348 e. The molecular weight excluding hydrogens is 310 g/mol. The van der Waals surface area contributed by atoms with Crippen LogP contribution in [0.1, 0.15) is 31.3 Å². The number of hydrogen-bond donors (Lipinski definition) is 0. The van der Waals surface area contributed by atoms with Crippen LogP contribution < -0.4 is 0 Å². The molecule has 1 saturated heterocycles. The van der Waals surface area contributed by atoms with Gasteiger partial charge in [0.1, 0.15) is 6.04 Å². The van der Waals surface area contributed by atoms with Gasteiger partial charge in [-0.25, -0.2) is 0 Å². The van der Waals surface area contributed by atoms with Gasteiger partial charge in [0.25, 0.3) is 0 Å². The summed E-state index contributed by atoms with van der Waals surface area (Å²) in [5.41, 5.74) is 1.99. The summed E-state index contributed by atoms with van der Waals surface area (Å²) in [6.07, 6.45) is 0. The molecule has 0 N–H and O–H groups in total. The number of piperazine rings is 1. The van der Waals surface area contributed by atoms with Gasteiger partial charge in [0.15, 0.2) is 5.17 Å². The van der Waals surface area contributed by atoms with Crippen molar-refractivity contribution < 1.29 is 4.79 Å². The topological polar surface area (TPSA) is 53.7 Å². The molecule has 6 nitrogen and oxygen atoms in total. The summed E-state index contributed by atoms with van der Waals surface area (Å²) in [4.78, 5) is 21.6. The molecule has 0 spiro atoms. The fraction of sp³-hybridized carbons (Fsp3) is 0.688. The molecule has 1 aromatic rings. The molecule has 0 radical (unpaired) electrons. The van der Waals surface area contributed by atoms with E-state index in [1.54, 1.807) is 0 Å². The molecule has 3 rings (SSSR count). The molecule has 0 aromatic carbocycles. The number of carbonyl (C=O) groups is 1. The molecule has 0 aliphatic carbocycles. The predicted molar refractivity (Wildman–Crippen MR) is 93.9 cm³/mol. The highest BCUT2D eigenvalue weighted by Crippen LogP contribution is 2.24. The van der Waals surface area contributed by atoms with Crippen LogP contribution in [0, 0.1) is 13.8 Å². The molecule has 0 saturated carbocycles. The van der Waals surface area contributed by atoms with Crippen LogP contribution in [-0.4, -0.2) is 68.6 Å². The second kappa shape index (κ2) is 6.55. The third-order valence-corrected chi connectivity index (χ3v) is 5.57. The summed E-state index contributed by atoms with van der Waals surface area (Å²) < 4.78 is 1.84. The van der Waals surface area contributed by atoms with E-state index in [-0.39, 0.29) is 11.9 Å². The number of amidine groups is 1. The zero-order chi connectivity index (χ0) is 16.6. The predicted octanol–water partition coefficient (Wildman–Crippen LogP) is 1.70. The first kappa shape index (κ1) is 16.4. The van der Waals surface area contributed by atoms with Gasteiger partial charge < -0.3 is 9.80 Å². The van der Waals surface area contributed by atoms with Gasteiger partial charge in [-0.2, -0.15) is 5.10 Å².